The molecule has 2 atom stereocenters. The van der Waals surface area contributed by atoms with Crippen LogP contribution in [0.5, 0.6) is 0 Å². The highest BCUT2D eigenvalue weighted by Crippen LogP contribution is 2.34. The Morgan fingerprint density at radius 3 is 1.27 bits per heavy atom. The van der Waals surface area contributed by atoms with Gasteiger partial charge in [-0.3, -0.25) is 24.5 Å². The van der Waals surface area contributed by atoms with Crippen molar-refractivity contribution in [1.82, 2.24) is 15.0 Å². The average Bonchev–Trinajstić information content (AvgIpc) is 2.80. The van der Waals surface area contributed by atoms with Gasteiger partial charge in [0.05, 0.1) is 40.1 Å². The van der Waals surface area contributed by atoms with E-state index < -0.39 is 29.7 Å². The van der Waals surface area contributed by atoms with Crippen molar-refractivity contribution < 1.29 is 19.8 Å². The van der Waals surface area contributed by atoms with E-state index >= 15 is 0 Å². The van der Waals surface area contributed by atoms with Crippen molar-refractivity contribution in [3.05, 3.63) is 125 Å². The predicted molar refractivity (Wildman–Crippen MR) is 119 cm³/mol. The summed E-state index contributed by atoms with van der Waals surface area (Å²) in [6.07, 6.45) is 0. The molecule has 6 bridgehead atoms. The van der Waals surface area contributed by atoms with Crippen LogP contribution in [0.1, 0.15) is 57.5 Å². The molecule has 3 aromatic heterocycles. The first-order valence-corrected chi connectivity index (χ1v) is 10.4. The lowest BCUT2D eigenvalue weighted by molar-refractivity contribution is -0.138. The Kier molecular flexibility index (Phi) is 5.14. The molecule has 1 aliphatic rings. The first-order valence-electron chi connectivity index (χ1n) is 10.4. The molecule has 33 heavy (non-hydrogen) atoms. The van der Waals surface area contributed by atoms with E-state index in [1.807, 2.05) is 42.5 Å². The largest absolute Gasteiger partial charge is 0.480 e. The van der Waals surface area contributed by atoms with Crippen LogP contribution in [-0.4, -0.2) is 37.1 Å². The maximum atomic E-state index is 12.3. The molecule has 0 radical (unpaired) electrons. The van der Waals surface area contributed by atoms with Gasteiger partial charge in [-0.25, -0.2) is 0 Å². The van der Waals surface area contributed by atoms with Crippen LogP contribution in [0.25, 0.3) is 0 Å². The number of rotatable bonds is 3. The summed E-state index contributed by atoms with van der Waals surface area (Å²) in [4.78, 5) is 38.6. The Bertz CT molecular complexity index is 1280. The number of aliphatic carboxylic acids is 2. The maximum absolute atomic E-state index is 12.3. The summed E-state index contributed by atoms with van der Waals surface area (Å²) < 4.78 is 0. The van der Waals surface area contributed by atoms with E-state index in [1.165, 1.54) is 0 Å². The van der Waals surface area contributed by atoms with Crippen LogP contribution < -0.4 is 0 Å². The Morgan fingerprint density at radius 2 is 0.879 bits per heavy atom. The van der Waals surface area contributed by atoms with Gasteiger partial charge in [-0.15, -0.1) is 0 Å². The van der Waals surface area contributed by atoms with Crippen molar-refractivity contribution in [2.45, 2.75) is 17.8 Å². The van der Waals surface area contributed by atoms with E-state index in [0.717, 1.165) is 5.56 Å². The molecule has 2 N–H and O–H groups in total. The normalized spacial score (nSPS) is 19.1. The van der Waals surface area contributed by atoms with Gasteiger partial charge < -0.3 is 10.2 Å². The number of carbonyl (C=O) groups is 2. The van der Waals surface area contributed by atoms with Crippen molar-refractivity contribution in [2.24, 2.45) is 0 Å². The summed E-state index contributed by atoms with van der Waals surface area (Å²) in [6.45, 7) is 0. The van der Waals surface area contributed by atoms with Crippen LogP contribution in [0, 0.1) is 0 Å². The SMILES string of the molecule is O=C(O)C1c2cccc(n2)C(C(=O)O)c2cccc(n2)C(c2ccccc2)c2cccc1n2. The molecular weight excluding hydrogens is 418 g/mol. The molecule has 0 aliphatic carbocycles. The van der Waals surface area contributed by atoms with E-state index in [9.17, 15) is 19.8 Å². The van der Waals surface area contributed by atoms with Crippen molar-refractivity contribution >= 4 is 11.9 Å². The molecule has 162 valence electrons. The second-order valence-corrected chi connectivity index (χ2v) is 7.85. The summed E-state index contributed by atoms with van der Waals surface area (Å²) >= 11 is 0. The molecule has 1 aliphatic heterocycles. The molecule has 0 amide bonds. The molecule has 2 unspecified atom stereocenters. The Hall–Kier alpha value is -4.39. The van der Waals surface area contributed by atoms with E-state index in [-0.39, 0.29) is 11.4 Å². The molecule has 0 saturated carbocycles. The molecule has 0 spiro atoms. The second kappa shape index (κ2) is 8.27. The monoisotopic (exact) mass is 437 g/mol. The molecular formula is C26H19N3O4. The molecule has 0 saturated heterocycles. The second-order valence-electron chi connectivity index (χ2n) is 7.85. The molecule has 7 heteroatoms. The zero-order valence-electron chi connectivity index (χ0n) is 17.4. The van der Waals surface area contributed by atoms with Gasteiger partial charge in [0.1, 0.15) is 11.8 Å². The minimum absolute atomic E-state index is 0.226. The van der Waals surface area contributed by atoms with Crippen molar-refractivity contribution in [3.8, 4) is 0 Å². The third-order valence-corrected chi connectivity index (χ3v) is 5.78. The van der Waals surface area contributed by atoms with E-state index in [1.54, 1.807) is 42.5 Å². The smallest absolute Gasteiger partial charge is 0.318 e. The minimum atomic E-state index is -1.14. The van der Waals surface area contributed by atoms with Gasteiger partial charge >= 0.3 is 11.9 Å². The molecule has 0 fully saturated rings. The van der Waals surface area contributed by atoms with Crippen LogP contribution in [-0.2, 0) is 9.59 Å². The van der Waals surface area contributed by atoms with Crippen LogP contribution in [0.15, 0.2) is 84.9 Å². The average molecular weight is 437 g/mol. The predicted octanol–water partition coefficient (Wildman–Crippen LogP) is 3.80. The number of nitrogens with zero attached hydrogens (tertiary/aromatic N) is 3. The molecule has 4 heterocycles. The lowest BCUT2D eigenvalue weighted by Crippen LogP contribution is -2.22. The zero-order chi connectivity index (χ0) is 22.9. The number of aromatic nitrogens is 3. The van der Waals surface area contributed by atoms with Crippen molar-refractivity contribution in [2.75, 3.05) is 0 Å². The lowest BCUT2D eigenvalue weighted by atomic mass is 9.89. The van der Waals surface area contributed by atoms with Gasteiger partial charge in [0.15, 0.2) is 0 Å². The number of fused-ring (bicyclic) bond motifs is 6. The van der Waals surface area contributed by atoms with Crippen LogP contribution in [0.4, 0.5) is 0 Å². The van der Waals surface area contributed by atoms with E-state index in [4.69, 9.17) is 9.97 Å². The van der Waals surface area contributed by atoms with Crippen LogP contribution in [0.2, 0.25) is 0 Å². The van der Waals surface area contributed by atoms with E-state index in [0.29, 0.717) is 22.8 Å². The fourth-order valence-corrected chi connectivity index (χ4v) is 4.32. The standard InChI is InChI=1S/C26H19N3O4/c30-25(31)23-18-11-4-9-16(27-18)22(15-7-2-1-3-8-15)17-10-5-12-19(28-17)24(26(32)33)21-14-6-13-20(23)29-21/h1-14,22-24H,(H,30,31)(H,32,33). The fourth-order valence-electron chi connectivity index (χ4n) is 4.32. The van der Waals surface area contributed by atoms with Crippen LogP contribution >= 0.6 is 0 Å². The Balaban J connectivity index is 1.85. The highest BCUT2D eigenvalue weighted by Gasteiger charge is 2.32. The number of carboxylic acid groups (broad SMARTS) is 2. The summed E-state index contributed by atoms with van der Waals surface area (Å²) in [5.74, 6) is -4.90. The number of benzene rings is 1. The van der Waals surface area contributed by atoms with Gasteiger partial charge in [0.25, 0.3) is 0 Å². The van der Waals surface area contributed by atoms with Gasteiger partial charge in [-0.2, -0.15) is 0 Å². The minimum Gasteiger partial charge on any atom is -0.480 e. The van der Waals surface area contributed by atoms with Gasteiger partial charge in [0, 0.05) is 0 Å². The molecule has 4 aromatic rings. The Labute approximate surface area is 189 Å². The topological polar surface area (TPSA) is 113 Å². The zero-order valence-corrected chi connectivity index (χ0v) is 17.4. The molecule has 7 nitrogen and oxygen atoms in total. The van der Waals surface area contributed by atoms with Crippen molar-refractivity contribution in [1.29, 1.82) is 0 Å². The van der Waals surface area contributed by atoms with Gasteiger partial charge in [-0.05, 0) is 42.0 Å². The van der Waals surface area contributed by atoms with Crippen LogP contribution in [0.3, 0.4) is 0 Å². The fraction of sp³-hybridized carbons (Fsp3) is 0.115. The summed E-state index contributed by atoms with van der Waals surface area (Å²) in [5, 5.41) is 20.1. The first kappa shape index (κ1) is 20.5. The number of carboxylic acids is 2. The molecule has 5 rings (SSSR count). The lowest BCUT2D eigenvalue weighted by Gasteiger charge is -2.22. The third-order valence-electron chi connectivity index (χ3n) is 5.78. The van der Waals surface area contributed by atoms with Gasteiger partial charge in [-0.1, -0.05) is 48.5 Å². The third kappa shape index (κ3) is 3.74. The molecule has 1 aromatic carbocycles. The summed E-state index contributed by atoms with van der Waals surface area (Å²) in [5.41, 5.74) is 3.27. The maximum Gasteiger partial charge on any atom is 0.318 e. The summed E-state index contributed by atoms with van der Waals surface area (Å²) in [6, 6.07) is 25.0. The quantitative estimate of drug-likeness (QED) is 0.501. The van der Waals surface area contributed by atoms with Crippen molar-refractivity contribution in [3.63, 3.8) is 0 Å². The number of pyridine rings is 3. The highest BCUT2D eigenvalue weighted by atomic mass is 16.4. The Morgan fingerprint density at radius 1 is 0.515 bits per heavy atom. The van der Waals surface area contributed by atoms with Gasteiger partial charge in [0.2, 0.25) is 0 Å². The summed E-state index contributed by atoms with van der Waals surface area (Å²) in [7, 11) is 0. The van der Waals surface area contributed by atoms with E-state index in [2.05, 4.69) is 4.98 Å². The number of hydrogen-bond acceptors (Lipinski definition) is 5. The highest BCUT2D eigenvalue weighted by molar-refractivity contribution is 5.80. The first-order chi connectivity index (χ1) is 16.0. The number of hydrogen-bond donors (Lipinski definition) is 2.